The molecular weight excluding hydrogens is 270 g/mol. The van der Waals surface area contributed by atoms with Gasteiger partial charge in [-0.15, -0.1) is 0 Å². The summed E-state index contributed by atoms with van der Waals surface area (Å²) < 4.78 is 0. The second-order valence-corrected chi connectivity index (χ2v) is 5.20. The van der Waals surface area contributed by atoms with Crippen molar-refractivity contribution in [1.82, 2.24) is 0 Å². The van der Waals surface area contributed by atoms with Crippen LogP contribution in [0.4, 0.5) is 0 Å². The van der Waals surface area contributed by atoms with E-state index in [-0.39, 0.29) is 5.78 Å². The Morgan fingerprint density at radius 1 is 0.682 bits per heavy atom. The molecule has 0 bridgehead atoms. The number of benzene rings is 3. The third kappa shape index (κ3) is 2.97. The number of carbonyl (C=O) groups is 1. The first-order valence-corrected chi connectivity index (χ1v) is 7.26. The van der Waals surface area contributed by atoms with Crippen molar-refractivity contribution in [1.29, 1.82) is 0 Å². The first-order valence-electron chi connectivity index (χ1n) is 7.26. The fourth-order valence-electron chi connectivity index (χ4n) is 2.45. The van der Waals surface area contributed by atoms with Gasteiger partial charge in [0.2, 0.25) is 0 Å². The molecule has 1 atom stereocenters. The summed E-state index contributed by atoms with van der Waals surface area (Å²) >= 11 is 0. The number of hydrogen-bond acceptors (Lipinski definition) is 2. The van der Waals surface area contributed by atoms with Gasteiger partial charge in [0.05, 0.1) is 6.04 Å². The third-order valence-electron chi connectivity index (χ3n) is 3.72. The Hall–Kier alpha value is -2.71. The van der Waals surface area contributed by atoms with Crippen LogP contribution in [0.15, 0.2) is 84.9 Å². The SMILES string of the molecule is NC(C(=O)c1ccc(-c2ccccc2)cc1)c1ccccc1. The second-order valence-electron chi connectivity index (χ2n) is 5.20. The van der Waals surface area contributed by atoms with Crippen molar-refractivity contribution < 1.29 is 4.79 Å². The fraction of sp³-hybridized carbons (Fsp3) is 0.0500. The summed E-state index contributed by atoms with van der Waals surface area (Å²) in [5.74, 6) is -0.0641. The molecule has 0 aliphatic heterocycles. The monoisotopic (exact) mass is 287 g/mol. The fourth-order valence-corrected chi connectivity index (χ4v) is 2.45. The lowest BCUT2D eigenvalue weighted by Gasteiger charge is -2.11. The molecular formula is C20H17NO. The zero-order chi connectivity index (χ0) is 15.4. The van der Waals surface area contributed by atoms with Crippen molar-refractivity contribution in [2.75, 3.05) is 0 Å². The molecule has 2 N–H and O–H groups in total. The van der Waals surface area contributed by atoms with E-state index >= 15 is 0 Å². The molecule has 0 fully saturated rings. The maximum Gasteiger partial charge on any atom is 0.184 e. The van der Waals surface area contributed by atoms with Crippen molar-refractivity contribution in [3.63, 3.8) is 0 Å². The van der Waals surface area contributed by atoms with Crippen LogP contribution in [0.5, 0.6) is 0 Å². The van der Waals surface area contributed by atoms with Gasteiger partial charge in [0.25, 0.3) is 0 Å². The molecule has 108 valence electrons. The number of rotatable bonds is 4. The lowest BCUT2D eigenvalue weighted by atomic mass is 9.96. The van der Waals surface area contributed by atoms with E-state index in [0.717, 1.165) is 16.7 Å². The molecule has 3 rings (SSSR count). The van der Waals surface area contributed by atoms with Gasteiger partial charge in [-0.2, -0.15) is 0 Å². The molecule has 2 nitrogen and oxygen atoms in total. The van der Waals surface area contributed by atoms with Crippen LogP contribution in [-0.4, -0.2) is 5.78 Å². The topological polar surface area (TPSA) is 43.1 Å². The molecule has 0 heterocycles. The number of hydrogen-bond donors (Lipinski definition) is 1. The molecule has 3 aromatic rings. The summed E-state index contributed by atoms with van der Waals surface area (Å²) in [7, 11) is 0. The first kappa shape index (κ1) is 14.2. The van der Waals surface area contributed by atoms with Crippen LogP contribution in [0.3, 0.4) is 0 Å². The Kier molecular flexibility index (Phi) is 4.12. The van der Waals surface area contributed by atoms with Gasteiger partial charge in [0.1, 0.15) is 0 Å². The van der Waals surface area contributed by atoms with E-state index < -0.39 is 6.04 Å². The molecule has 0 saturated carbocycles. The Morgan fingerprint density at radius 3 is 1.77 bits per heavy atom. The van der Waals surface area contributed by atoms with Crippen LogP contribution in [0.1, 0.15) is 22.0 Å². The third-order valence-corrected chi connectivity index (χ3v) is 3.72. The molecule has 0 aromatic heterocycles. The molecule has 2 heteroatoms. The van der Waals surface area contributed by atoms with Crippen LogP contribution >= 0.6 is 0 Å². The number of Topliss-reactive ketones (excluding diaryl/α,β-unsaturated/α-hetero) is 1. The van der Waals surface area contributed by atoms with E-state index in [1.165, 1.54) is 0 Å². The lowest BCUT2D eigenvalue weighted by Crippen LogP contribution is -2.21. The predicted molar refractivity (Wildman–Crippen MR) is 89.6 cm³/mol. The summed E-state index contributed by atoms with van der Waals surface area (Å²) in [6, 6.07) is 26.5. The van der Waals surface area contributed by atoms with E-state index in [4.69, 9.17) is 5.73 Å². The molecule has 0 aliphatic carbocycles. The normalized spacial score (nSPS) is 11.9. The van der Waals surface area contributed by atoms with Gasteiger partial charge in [-0.05, 0) is 16.7 Å². The minimum absolute atomic E-state index is 0.0641. The quantitative estimate of drug-likeness (QED) is 0.729. The molecule has 0 aliphatic rings. The maximum absolute atomic E-state index is 12.5. The molecule has 0 radical (unpaired) electrons. The van der Waals surface area contributed by atoms with Gasteiger partial charge in [0.15, 0.2) is 5.78 Å². The zero-order valence-corrected chi connectivity index (χ0v) is 12.1. The van der Waals surface area contributed by atoms with Gasteiger partial charge >= 0.3 is 0 Å². The Morgan fingerprint density at radius 2 is 1.18 bits per heavy atom. The van der Waals surface area contributed by atoms with Gasteiger partial charge in [-0.25, -0.2) is 0 Å². The summed E-state index contributed by atoms with van der Waals surface area (Å²) in [5.41, 5.74) is 9.76. The highest BCUT2D eigenvalue weighted by molar-refractivity contribution is 6.00. The Labute approximate surface area is 130 Å². The van der Waals surface area contributed by atoms with E-state index in [2.05, 4.69) is 0 Å². The zero-order valence-electron chi connectivity index (χ0n) is 12.1. The van der Waals surface area contributed by atoms with Crippen molar-refractivity contribution in [2.24, 2.45) is 5.73 Å². The van der Waals surface area contributed by atoms with Crippen LogP contribution in [-0.2, 0) is 0 Å². The lowest BCUT2D eigenvalue weighted by molar-refractivity contribution is 0.0961. The van der Waals surface area contributed by atoms with Crippen molar-refractivity contribution in [3.8, 4) is 11.1 Å². The van der Waals surface area contributed by atoms with Gasteiger partial charge in [-0.3, -0.25) is 4.79 Å². The van der Waals surface area contributed by atoms with E-state index in [0.29, 0.717) is 5.56 Å². The number of carbonyl (C=O) groups excluding carboxylic acids is 1. The molecule has 22 heavy (non-hydrogen) atoms. The standard InChI is InChI=1S/C20H17NO/c21-19(17-9-5-2-6-10-17)20(22)18-13-11-16(12-14-18)15-7-3-1-4-8-15/h1-14,19H,21H2. The summed E-state index contributed by atoms with van der Waals surface area (Å²) in [6.07, 6.45) is 0. The Bertz CT molecular complexity index is 749. The van der Waals surface area contributed by atoms with Gasteiger partial charge in [-0.1, -0.05) is 84.9 Å². The summed E-state index contributed by atoms with van der Waals surface area (Å²) in [4.78, 5) is 12.5. The van der Waals surface area contributed by atoms with Gasteiger partial charge < -0.3 is 5.73 Å². The van der Waals surface area contributed by atoms with Crippen LogP contribution in [0, 0.1) is 0 Å². The second kappa shape index (κ2) is 6.37. The molecule has 0 amide bonds. The molecule has 0 spiro atoms. The first-order chi connectivity index (χ1) is 10.8. The molecule has 0 saturated heterocycles. The van der Waals surface area contributed by atoms with Crippen LogP contribution in [0.25, 0.3) is 11.1 Å². The highest BCUT2D eigenvalue weighted by Crippen LogP contribution is 2.21. The number of ketones is 1. The molecule has 1 unspecified atom stereocenters. The largest absolute Gasteiger partial charge is 0.318 e. The van der Waals surface area contributed by atoms with E-state index in [1.54, 1.807) is 0 Å². The minimum atomic E-state index is -0.622. The van der Waals surface area contributed by atoms with Crippen LogP contribution < -0.4 is 5.73 Å². The summed E-state index contributed by atoms with van der Waals surface area (Å²) in [6.45, 7) is 0. The highest BCUT2D eigenvalue weighted by Gasteiger charge is 2.17. The predicted octanol–water partition coefficient (Wildman–Crippen LogP) is 4.24. The average Bonchev–Trinajstić information content (AvgIpc) is 2.62. The van der Waals surface area contributed by atoms with E-state index in [1.807, 2.05) is 84.9 Å². The van der Waals surface area contributed by atoms with Crippen molar-refractivity contribution in [3.05, 3.63) is 96.1 Å². The summed E-state index contributed by atoms with van der Waals surface area (Å²) in [5, 5.41) is 0. The minimum Gasteiger partial charge on any atom is -0.318 e. The smallest absolute Gasteiger partial charge is 0.184 e. The molecule has 3 aromatic carbocycles. The number of nitrogens with two attached hydrogens (primary N) is 1. The average molecular weight is 287 g/mol. The maximum atomic E-state index is 12.5. The van der Waals surface area contributed by atoms with Gasteiger partial charge in [0, 0.05) is 5.56 Å². The highest BCUT2D eigenvalue weighted by atomic mass is 16.1. The van der Waals surface area contributed by atoms with Crippen molar-refractivity contribution in [2.45, 2.75) is 6.04 Å². The Balaban J connectivity index is 1.82. The van der Waals surface area contributed by atoms with Crippen molar-refractivity contribution >= 4 is 5.78 Å². The van der Waals surface area contributed by atoms with Crippen LogP contribution in [0.2, 0.25) is 0 Å². The van der Waals surface area contributed by atoms with E-state index in [9.17, 15) is 4.79 Å².